The first-order valence-electron chi connectivity index (χ1n) is 8.49. The van der Waals surface area contributed by atoms with Crippen molar-refractivity contribution in [2.24, 2.45) is 4.99 Å². The lowest BCUT2D eigenvalue weighted by Gasteiger charge is -2.36. The maximum absolute atomic E-state index is 11.8. The summed E-state index contributed by atoms with van der Waals surface area (Å²) in [6.45, 7) is 4.69. The number of carbonyl (C=O) groups excluding carboxylic acids is 1. The Hall–Kier alpha value is -1.36. The zero-order valence-corrected chi connectivity index (χ0v) is 17.2. The van der Waals surface area contributed by atoms with E-state index in [0.29, 0.717) is 6.04 Å². The van der Waals surface area contributed by atoms with Gasteiger partial charge < -0.3 is 19.6 Å². The summed E-state index contributed by atoms with van der Waals surface area (Å²) in [5.41, 5.74) is 0.963. The summed E-state index contributed by atoms with van der Waals surface area (Å²) in [7, 11) is 3.52. The monoisotopic (exact) mass is 462 g/mol. The Morgan fingerprint density at radius 3 is 2.64 bits per heavy atom. The average molecular weight is 462 g/mol. The van der Waals surface area contributed by atoms with Crippen LogP contribution < -0.4 is 5.32 Å². The smallest absolute Gasteiger partial charge is 0.243 e. The largest absolute Gasteiger partial charge is 0.364 e. The van der Waals surface area contributed by atoms with Crippen molar-refractivity contribution < 1.29 is 9.32 Å². The van der Waals surface area contributed by atoms with E-state index in [9.17, 15) is 4.79 Å². The molecule has 1 aromatic rings. The van der Waals surface area contributed by atoms with Gasteiger partial charge in [0.2, 0.25) is 5.91 Å². The zero-order chi connectivity index (χ0) is 16.9. The van der Waals surface area contributed by atoms with Crippen LogP contribution in [0.5, 0.6) is 0 Å². The third-order valence-corrected chi connectivity index (χ3v) is 4.32. The van der Waals surface area contributed by atoms with E-state index in [1.54, 1.807) is 25.3 Å². The van der Waals surface area contributed by atoms with Crippen molar-refractivity contribution >= 4 is 35.8 Å². The van der Waals surface area contributed by atoms with E-state index in [0.717, 1.165) is 44.4 Å². The predicted octanol–water partition coefficient (Wildman–Crippen LogP) is 0.606. The molecule has 1 aliphatic carbocycles. The molecule has 1 saturated heterocycles. The first kappa shape index (κ1) is 20.0. The van der Waals surface area contributed by atoms with Crippen LogP contribution in [0.1, 0.15) is 18.5 Å². The van der Waals surface area contributed by atoms with E-state index >= 15 is 0 Å². The SMILES string of the molecule is CN(C)C(=O)CN=C(NC1CC1)N1CCN(Cc2ccon2)CC1.I. The fourth-order valence-electron chi connectivity index (χ4n) is 2.60. The highest BCUT2D eigenvalue weighted by atomic mass is 127. The van der Waals surface area contributed by atoms with Gasteiger partial charge in [-0.3, -0.25) is 9.69 Å². The molecule has 3 rings (SSSR count). The second-order valence-corrected chi connectivity index (χ2v) is 6.60. The number of aromatic nitrogens is 1. The number of halogens is 1. The number of likely N-dealkylation sites (N-methyl/N-ethyl adjacent to an activating group) is 1. The first-order chi connectivity index (χ1) is 11.6. The van der Waals surface area contributed by atoms with E-state index in [1.165, 1.54) is 12.8 Å². The fourth-order valence-corrected chi connectivity index (χ4v) is 2.60. The summed E-state index contributed by atoms with van der Waals surface area (Å²) in [5.74, 6) is 0.892. The zero-order valence-electron chi connectivity index (χ0n) is 14.8. The number of hydrogen-bond donors (Lipinski definition) is 1. The highest BCUT2D eigenvalue weighted by Crippen LogP contribution is 2.19. The van der Waals surface area contributed by atoms with E-state index in [1.807, 2.05) is 6.07 Å². The van der Waals surface area contributed by atoms with Gasteiger partial charge in [-0.15, -0.1) is 24.0 Å². The lowest BCUT2D eigenvalue weighted by molar-refractivity contribution is -0.127. The molecule has 8 nitrogen and oxygen atoms in total. The maximum Gasteiger partial charge on any atom is 0.243 e. The van der Waals surface area contributed by atoms with Crippen LogP contribution in [0.2, 0.25) is 0 Å². The molecule has 1 saturated carbocycles. The van der Waals surface area contributed by atoms with Crippen molar-refractivity contribution in [2.45, 2.75) is 25.4 Å². The van der Waals surface area contributed by atoms with Gasteiger partial charge in [-0.05, 0) is 12.8 Å². The standard InChI is InChI=1S/C16H26N6O2.HI/c1-20(2)15(23)11-17-16(18-13-3-4-13)22-8-6-21(7-9-22)12-14-5-10-24-19-14;/h5,10,13H,3-4,6-9,11-12H2,1-2H3,(H,17,18);1H. The van der Waals surface area contributed by atoms with Gasteiger partial charge in [0.05, 0.1) is 5.69 Å². The first-order valence-corrected chi connectivity index (χ1v) is 8.49. The molecule has 25 heavy (non-hydrogen) atoms. The van der Waals surface area contributed by atoms with Gasteiger partial charge in [0, 0.05) is 58.9 Å². The van der Waals surface area contributed by atoms with Crippen molar-refractivity contribution in [1.82, 2.24) is 25.2 Å². The van der Waals surface area contributed by atoms with Crippen molar-refractivity contribution in [3.8, 4) is 0 Å². The summed E-state index contributed by atoms with van der Waals surface area (Å²) in [4.78, 5) is 22.5. The molecule has 2 heterocycles. The number of hydrogen-bond acceptors (Lipinski definition) is 5. The molecule has 1 aliphatic heterocycles. The van der Waals surface area contributed by atoms with Crippen LogP contribution >= 0.6 is 24.0 Å². The Balaban J connectivity index is 0.00000225. The topological polar surface area (TPSA) is 77.2 Å². The lowest BCUT2D eigenvalue weighted by Crippen LogP contribution is -2.52. The van der Waals surface area contributed by atoms with Crippen LogP contribution in [0.25, 0.3) is 0 Å². The number of aliphatic imine (C=N–C) groups is 1. The van der Waals surface area contributed by atoms with Crippen LogP contribution in [0, 0.1) is 0 Å². The number of guanidine groups is 1. The summed E-state index contributed by atoms with van der Waals surface area (Å²) >= 11 is 0. The predicted molar refractivity (Wildman–Crippen MR) is 106 cm³/mol. The summed E-state index contributed by atoms with van der Waals surface area (Å²) < 4.78 is 4.89. The molecule has 0 spiro atoms. The highest BCUT2D eigenvalue weighted by Gasteiger charge is 2.27. The summed E-state index contributed by atoms with van der Waals surface area (Å²) in [6.07, 6.45) is 3.98. The third-order valence-electron chi connectivity index (χ3n) is 4.32. The molecular weight excluding hydrogens is 435 g/mol. The van der Waals surface area contributed by atoms with E-state index in [2.05, 4.69) is 25.3 Å². The summed E-state index contributed by atoms with van der Waals surface area (Å²) in [6, 6.07) is 2.42. The Labute approximate surface area is 165 Å². The van der Waals surface area contributed by atoms with Crippen molar-refractivity contribution in [3.05, 3.63) is 18.0 Å². The molecule has 140 valence electrons. The minimum atomic E-state index is 0. The molecule has 0 aromatic carbocycles. The third kappa shape index (κ3) is 6.14. The Bertz CT molecular complexity index is 565. The van der Waals surface area contributed by atoms with Gasteiger partial charge in [0.1, 0.15) is 12.8 Å². The number of amides is 1. The lowest BCUT2D eigenvalue weighted by atomic mass is 10.3. The molecule has 0 unspecified atom stereocenters. The molecule has 9 heteroatoms. The Morgan fingerprint density at radius 1 is 1.36 bits per heavy atom. The number of rotatable bonds is 5. The molecule has 1 amide bonds. The molecule has 0 bridgehead atoms. The molecule has 0 atom stereocenters. The quantitative estimate of drug-likeness (QED) is 0.393. The van der Waals surface area contributed by atoms with Crippen LogP contribution in [-0.4, -0.2) is 84.6 Å². The molecule has 0 radical (unpaired) electrons. The molecule has 2 aliphatic rings. The second-order valence-electron chi connectivity index (χ2n) is 6.60. The van der Waals surface area contributed by atoms with Gasteiger partial charge in [0.25, 0.3) is 0 Å². The van der Waals surface area contributed by atoms with Crippen molar-refractivity contribution in [1.29, 1.82) is 0 Å². The number of piperazine rings is 1. The van der Waals surface area contributed by atoms with Crippen LogP contribution in [0.4, 0.5) is 0 Å². The second kappa shape index (κ2) is 9.37. The van der Waals surface area contributed by atoms with Gasteiger partial charge in [-0.25, -0.2) is 4.99 Å². The Morgan fingerprint density at radius 2 is 2.08 bits per heavy atom. The minimum absolute atomic E-state index is 0. The Kier molecular flexibility index (Phi) is 7.48. The van der Waals surface area contributed by atoms with Crippen LogP contribution in [0.3, 0.4) is 0 Å². The van der Waals surface area contributed by atoms with Crippen molar-refractivity contribution in [2.75, 3.05) is 46.8 Å². The fraction of sp³-hybridized carbons (Fsp3) is 0.688. The van der Waals surface area contributed by atoms with Crippen LogP contribution in [-0.2, 0) is 11.3 Å². The number of nitrogens with zero attached hydrogens (tertiary/aromatic N) is 5. The van der Waals surface area contributed by atoms with E-state index < -0.39 is 0 Å². The molecule has 1 aromatic heterocycles. The molecule has 2 fully saturated rings. The van der Waals surface area contributed by atoms with Crippen LogP contribution in [0.15, 0.2) is 21.8 Å². The van der Waals surface area contributed by atoms with E-state index in [4.69, 9.17) is 4.52 Å². The van der Waals surface area contributed by atoms with Gasteiger partial charge in [-0.1, -0.05) is 5.16 Å². The number of carbonyl (C=O) groups is 1. The molecular formula is C16H27IN6O2. The minimum Gasteiger partial charge on any atom is -0.364 e. The van der Waals surface area contributed by atoms with Gasteiger partial charge >= 0.3 is 0 Å². The van der Waals surface area contributed by atoms with Gasteiger partial charge in [-0.2, -0.15) is 0 Å². The summed E-state index contributed by atoms with van der Waals surface area (Å²) in [5, 5.41) is 7.44. The number of nitrogens with one attached hydrogen (secondary N) is 1. The average Bonchev–Trinajstić information content (AvgIpc) is 3.25. The normalized spacial score (nSPS) is 18.6. The maximum atomic E-state index is 11.8. The van der Waals surface area contributed by atoms with E-state index in [-0.39, 0.29) is 36.4 Å². The van der Waals surface area contributed by atoms with Gasteiger partial charge in [0.15, 0.2) is 5.96 Å². The van der Waals surface area contributed by atoms with Crippen molar-refractivity contribution in [3.63, 3.8) is 0 Å². The molecule has 1 N–H and O–H groups in total. The highest BCUT2D eigenvalue weighted by molar-refractivity contribution is 14.0.